The quantitative estimate of drug-likeness (QED) is 0.155. The van der Waals surface area contributed by atoms with E-state index in [1.165, 1.54) is 43.8 Å². The average molecular weight is 690 g/mol. The number of furan rings is 1. The number of benzene rings is 9. The van der Waals surface area contributed by atoms with Crippen LogP contribution in [0.2, 0.25) is 0 Å². The van der Waals surface area contributed by atoms with Crippen LogP contribution >= 0.6 is 0 Å². The van der Waals surface area contributed by atoms with Gasteiger partial charge in [0.25, 0.3) is 0 Å². The van der Waals surface area contributed by atoms with Crippen molar-refractivity contribution in [2.24, 2.45) is 0 Å². The Balaban J connectivity index is 1.04. The van der Waals surface area contributed by atoms with Crippen LogP contribution < -0.4 is 4.90 Å². The van der Waals surface area contributed by atoms with Gasteiger partial charge in [-0.15, -0.1) is 0 Å². The summed E-state index contributed by atoms with van der Waals surface area (Å²) in [5.41, 5.74) is 12.3. The fourth-order valence-electron chi connectivity index (χ4n) is 7.73. The Kier molecular flexibility index (Phi) is 7.85. The van der Waals surface area contributed by atoms with E-state index in [1.807, 2.05) is 18.2 Å². The van der Waals surface area contributed by atoms with Crippen LogP contribution in [-0.2, 0) is 0 Å². The largest absolute Gasteiger partial charge is 0.456 e. The van der Waals surface area contributed by atoms with Gasteiger partial charge in [-0.1, -0.05) is 164 Å². The van der Waals surface area contributed by atoms with Crippen molar-refractivity contribution >= 4 is 49.6 Å². The molecule has 0 aliphatic carbocycles. The molecule has 0 fully saturated rings. The first-order valence-corrected chi connectivity index (χ1v) is 18.4. The molecule has 0 aliphatic rings. The molecular weight excluding hydrogens is 655 g/mol. The lowest BCUT2D eigenvalue weighted by Gasteiger charge is -2.26. The number of anilines is 3. The number of rotatable bonds is 7. The lowest BCUT2D eigenvalue weighted by Crippen LogP contribution is -2.09. The molecule has 54 heavy (non-hydrogen) atoms. The summed E-state index contributed by atoms with van der Waals surface area (Å²) in [5, 5.41) is 6.09. The van der Waals surface area contributed by atoms with Crippen LogP contribution in [0.5, 0.6) is 0 Å². The van der Waals surface area contributed by atoms with Gasteiger partial charge in [-0.25, -0.2) is 0 Å². The van der Waals surface area contributed by atoms with Gasteiger partial charge in [-0.05, 0) is 103 Å². The van der Waals surface area contributed by atoms with E-state index >= 15 is 0 Å². The first kappa shape index (κ1) is 31.6. The minimum atomic E-state index is 0.871. The molecule has 10 rings (SSSR count). The summed E-state index contributed by atoms with van der Waals surface area (Å²) >= 11 is 0. The monoisotopic (exact) mass is 689 g/mol. The number of hydrogen-bond donors (Lipinski definition) is 0. The molecule has 2 nitrogen and oxygen atoms in total. The predicted molar refractivity (Wildman–Crippen MR) is 228 cm³/mol. The molecule has 0 aliphatic heterocycles. The van der Waals surface area contributed by atoms with Crippen molar-refractivity contribution in [2.45, 2.75) is 0 Å². The van der Waals surface area contributed by atoms with E-state index < -0.39 is 0 Å². The van der Waals surface area contributed by atoms with E-state index in [4.69, 9.17) is 4.42 Å². The Hall–Kier alpha value is -7.16. The van der Waals surface area contributed by atoms with Crippen molar-refractivity contribution in [1.29, 1.82) is 0 Å². The number of nitrogens with zero attached hydrogens (tertiary/aromatic N) is 1. The Bertz CT molecular complexity index is 2870. The third kappa shape index (κ3) is 5.81. The van der Waals surface area contributed by atoms with Crippen molar-refractivity contribution in [2.75, 3.05) is 4.90 Å². The zero-order chi connectivity index (χ0) is 35.8. The maximum atomic E-state index is 6.32. The van der Waals surface area contributed by atoms with Crippen molar-refractivity contribution in [3.05, 3.63) is 212 Å². The van der Waals surface area contributed by atoms with Crippen LogP contribution in [0.25, 0.3) is 77.2 Å². The van der Waals surface area contributed by atoms with Gasteiger partial charge < -0.3 is 9.32 Å². The van der Waals surface area contributed by atoms with Gasteiger partial charge in [-0.2, -0.15) is 0 Å². The predicted octanol–water partition coefficient (Wildman–Crippen LogP) is 14.9. The van der Waals surface area contributed by atoms with Crippen LogP contribution in [0.1, 0.15) is 0 Å². The van der Waals surface area contributed by atoms with Gasteiger partial charge in [0.2, 0.25) is 0 Å². The minimum absolute atomic E-state index is 0.871. The Labute approximate surface area is 314 Å². The normalized spacial score (nSPS) is 11.3. The van der Waals surface area contributed by atoms with E-state index in [2.05, 4.69) is 199 Å². The Morgan fingerprint density at radius 2 is 0.796 bits per heavy atom. The molecule has 9 aromatic carbocycles. The van der Waals surface area contributed by atoms with Gasteiger partial charge in [0.1, 0.15) is 11.3 Å². The topological polar surface area (TPSA) is 16.4 Å². The van der Waals surface area contributed by atoms with Crippen molar-refractivity contribution in [3.8, 4) is 44.7 Å². The minimum Gasteiger partial charge on any atom is -0.456 e. The molecule has 1 aromatic heterocycles. The van der Waals surface area contributed by atoms with Gasteiger partial charge in [-0.3, -0.25) is 0 Å². The molecule has 0 unspecified atom stereocenters. The maximum absolute atomic E-state index is 6.32. The van der Waals surface area contributed by atoms with E-state index in [-0.39, 0.29) is 0 Å². The number of para-hydroxylation sites is 1. The molecule has 254 valence electrons. The molecule has 0 bridgehead atoms. The summed E-state index contributed by atoms with van der Waals surface area (Å²) in [6.45, 7) is 0. The average Bonchev–Trinajstić information content (AvgIpc) is 3.69. The fraction of sp³-hybridized carbons (Fsp3) is 0. The standard InChI is InChI=1S/C52H35NO/c1-2-10-36(11-3-1)37-18-20-38(21-19-37)39-24-28-44(29-25-39)53(46-32-33-49-42(34-46)23-22-40-12-4-6-14-47(40)49)45-30-26-41(27-31-45)48-15-7-8-16-50(48)52-35-43-13-5-9-17-51(43)54-52/h1-35H. The molecular formula is C52H35NO. The second-order valence-corrected chi connectivity index (χ2v) is 13.8. The third-order valence-electron chi connectivity index (χ3n) is 10.5. The molecule has 0 saturated carbocycles. The highest BCUT2D eigenvalue weighted by atomic mass is 16.3. The van der Waals surface area contributed by atoms with Crippen LogP contribution in [-0.4, -0.2) is 0 Å². The van der Waals surface area contributed by atoms with E-state index in [9.17, 15) is 0 Å². The third-order valence-corrected chi connectivity index (χ3v) is 10.5. The molecule has 2 heteroatoms. The first-order valence-electron chi connectivity index (χ1n) is 18.4. The zero-order valence-electron chi connectivity index (χ0n) is 29.6. The SMILES string of the molecule is c1ccc(-c2ccc(-c3ccc(N(c4ccc(-c5ccccc5-c5cc6ccccc6o5)cc4)c4ccc5c(ccc6ccccc65)c4)cc3)cc2)cc1. The lowest BCUT2D eigenvalue weighted by atomic mass is 9.97. The lowest BCUT2D eigenvalue weighted by molar-refractivity contribution is 0.632. The number of fused-ring (bicyclic) bond motifs is 4. The van der Waals surface area contributed by atoms with Crippen LogP contribution in [0.3, 0.4) is 0 Å². The van der Waals surface area contributed by atoms with Crippen LogP contribution in [0.4, 0.5) is 17.1 Å². The molecule has 0 spiro atoms. The second kappa shape index (κ2) is 13.4. The number of hydrogen-bond acceptors (Lipinski definition) is 2. The molecule has 10 aromatic rings. The van der Waals surface area contributed by atoms with Gasteiger partial charge in [0.15, 0.2) is 0 Å². The highest BCUT2D eigenvalue weighted by Crippen LogP contribution is 2.41. The smallest absolute Gasteiger partial charge is 0.136 e. The van der Waals surface area contributed by atoms with E-state index in [0.29, 0.717) is 0 Å². The van der Waals surface area contributed by atoms with Crippen LogP contribution in [0.15, 0.2) is 217 Å². The second-order valence-electron chi connectivity index (χ2n) is 13.8. The molecule has 0 amide bonds. The van der Waals surface area contributed by atoms with E-state index in [0.717, 1.165) is 50.5 Å². The fourth-order valence-corrected chi connectivity index (χ4v) is 7.73. The summed E-state index contributed by atoms with van der Waals surface area (Å²) in [4.78, 5) is 2.35. The van der Waals surface area contributed by atoms with Gasteiger partial charge >= 0.3 is 0 Å². The summed E-state index contributed by atoms with van der Waals surface area (Å²) in [6.07, 6.45) is 0. The van der Waals surface area contributed by atoms with Crippen molar-refractivity contribution in [3.63, 3.8) is 0 Å². The first-order chi connectivity index (χ1) is 26.7. The maximum Gasteiger partial charge on any atom is 0.136 e. The van der Waals surface area contributed by atoms with Crippen molar-refractivity contribution < 1.29 is 4.42 Å². The summed E-state index contributed by atoms with van der Waals surface area (Å²) in [5.74, 6) is 0.871. The Morgan fingerprint density at radius 3 is 1.50 bits per heavy atom. The van der Waals surface area contributed by atoms with Gasteiger partial charge in [0, 0.05) is 28.0 Å². The van der Waals surface area contributed by atoms with Crippen LogP contribution in [0, 0.1) is 0 Å². The summed E-state index contributed by atoms with van der Waals surface area (Å²) < 4.78 is 6.32. The molecule has 0 atom stereocenters. The molecule has 0 N–H and O–H groups in total. The van der Waals surface area contributed by atoms with E-state index in [1.54, 1.807) is 0 Å². The summed E-state index contributed by atoms with van der Waals surface area (Å²) in [7, 11) is 0. The molecule has 1 heterocycles. The Morgan fingerprint density at radius 1 is 0.296 bits per heavy atom. The molecule has 0 saturated heterocycles. The highest BCUT2D eigenvalue weighted by molar-refractivity contribution is 6.08. The zero-order valence-corrected chi connectivity index (χ0v) is 29.6. The van der Waals surface area contributed by atoms with Gasteiger partial charge in [0.05, 0.1) is 0 Å². The summed E-state index contributed by atoms with van der Waals surface area (Å²) in [6, 6.07) is 75.9. The van der Waals surface area contributed by atoms with Crippen molar-refractivity contribution in [1.82, 2.24) is 0 Å². The highest BCUT2D eigenvalue weighted by Gasteiger charge is 2.16. The molecule has 0 radical (unpaired) electrons.